The highest BCUT2D eigenvalue weighted by atomic mass is 19.2. The lowest BCUT2D eigenvalue weighted by Gasteiger charge is -2.25. The van der Waals surface area contributed by atoms with Crippen LogP contribution in [0.1, 0.15) is 28.5 Å². The predicted octanol–water partition coefficient (Wildman–Crippen LogP) is 2.37. The Hall–Kier alpha value is -2.54. The van der Waals surface area contributed by atoms with Gasteiger partial charge in [-0.3, -0.25) is 9.78 Å². The van der Waals surface area contributed by atoms with Gasteiger partial charge in [0.15, 0.2) is 11.6 Å². The molecule has 132 valence electrons. The molecule has 0 unspecified atom stereocenters. The number of halogens is 2. The molecule has 1 saturated heterocycles. The fourth-order valence-corrected chi connectivity index (χ4v) is 3.04. The molecule has 5 nitrogen and oxygen atoms in total. The number of carbonyl (C=O) groups excluding carboxylic acids is 1. The van der Waals surface area contributed by atoms with E-state index in [1.54, 1.807) is 18.3 Å². The molecule has 1 N–H and O–H groups in total. The summed E-state index contributed by atoms with van der Waals surface area (Å²) < 4.78 is 26.7. The molecule has 0 spiro atoms. The normalized spacial score (nSPS) is 20.0. The number of nitrogens with zero attached hydrogens (tertiary/aromatic N) is 3. The van der Waals surface area contributed by atoms with E-state index < -0.39 is 23.8 Å². The van der Waals surface area contributed by atoms with Crippen molar-refractivity contribution in [1.82, 2.24) is 9.88 Å². The average molecular weight is 347 g/mol. The van der Waals surface area contributed by atoms with Gasteiger partial charge in [0.1, 0.15) is 5.69 Å². The first-order valence-electron chi connectivity index (χ1n) is 7.94. The fraction of sp³-hybridized carbons (Fsp3) is 0.333. The van der Waals surface area contributed by atoms with E-state index in [9.17, 15) is 18.7 Å². The predicted molar refractivity (Wildman–Crippen MR) is 89.3 cm³/mol. The van der Waals surface area contributed by atoms with E-state index in [0.717, 1.165) is 17.8 Å². The second-order valence-electron chi connectivity index (χ2n) is 6.33. The Labute approximate surface area is 144 Å². The molecule has 0 saturated carbocycles. The Morgan fingerprint density at radius 3 is 2.68 bits per heavy atom. The number of rotatable bonds is 3. The zero-order valence-corrected chi connectivity index (χ0v) is 14.0. The summed E-state index contributed by atoms with van der Waals surface area (Å²) in [6, 6.07) is 6.45. The van der Waals surface area contributed by atoms with Gasteiger partial charge in [0.25, 0.3) is 5.91 Å². The molecule has 1 aliphatic heterocycles. The Balaban J connectivity index is 1.92. The summed E-state index contributed by atoms with van der Waals surface area (Å²) in [5, 5.41) is 10.0. The third-order valence-electron chi connectivity index (χ3n) is 4.35. The molecule has 0 bridgehead atoms. The van der Waals surface area contributed by atoms with Crippen LogP contribution in [0.3, 0.4) is 0 Å². The number of anilines is 1. The summed E-state index contributed by atoms with van der Waals surface area (Å²) in [5.74, 6) is -2.27. The van der Waals surface area contributed by atoms with Crippen LogP contribution >= 0.6 is 0 Å². The van der Waals surface area contributed by atoms with Crippen molar-refractivity contribution in [2.24, 2.45) is 0 Å². The van der Waals surface area contributed by atoms with E-state index in [-0.39, 0.29) is 24.6 Å². The van der Waals surface area contributed by atoms with Crippen molar-refractivity contribution >= 4 is 11.6 Å². The molecule has 2 atom stereocenters. The van der Waals surface area contributed by atoms with Gasteiger partial charge in [-0.1, -0.05) is 6.07 Å². The first-order valence-corrected chi connectivity index (χ1v) is 7.94. The largest absolute Gasteiger partial charge is 0.391 e. The van der Waals surface area contributed by atoms with Crippen LogP contribution in [0.2, 0.25) is 0 Å². The van der Waals surface area contributed by atoms with E-state index in [0.29, 0.717) is 5.56 Å². The lowest BCUT2D eigenvalue weighted by Crippen LogP contribution is -2.32. The molecule has 1 aromatic carbocycles. The lowest BCUT2D eigenvalue weighted by molar-refractivity contribution is 0.0709. The van der Waals surface area contributed by atoms with Crippen LogP contribution < -0.4 is 4.90 Å². The fourth-order valence-electron chi connectivity index (χ4n) is 3.04. The van der Waals surface area contributed by atoms with Crippen molar-refractivity contribution in [1.29, 1.82) is 0 Å². The lowest BCUT2D eigenvalue weighted by atomic mass is 10.0. The van der Waals surface area contributed by atoms with Gasteiger partial charge in [0.2, 0.25) is 0 Å². The highest BCUT2D eigenvalue weighted by Gasteiger charge is 2.36. The van der Waals surface area contributed by atoms with E-state index in [1.165, 1.54) is 11.0 Å². The van der Waals surface area contributed by atoms with Gasteiger partial charge >= 0.3 is 0 Å². The molecule has 2 heterocycles. The molecular weight excluding hydrogens is 328 g/mol. The Morgan fingerprint density at radius 1 is 1.24 bits per heavy atom. The minimum absolute atomic E-state index is 0.121. The minimum Gasteiger partial charge on any atom is -0.391 e. The summed E-state index contributed by atoms with van der Waals surface area (Å²) in [6.07, 6.45) is 1.09. The maximum absolute atomic E-state index is 13.6. The Kier molecular flexibility index (Phi) is 4.67. The van der Waals surface area contributed by atoms with Crippen LogP contribution in [0.15, 0.2) is 36.5 Å². The van der Waals surface area contributed by atoms with Crippen LogP contribution in [-0.2, 0) is 0 Å². The zero-order valence-electron chi connectivity index (χ0n) is 14.0. The maximum atomic E-state index is 13.6. The molecule has 1 fully saturated rings. The first kappa shape index (κ1) is 17.3. The molecule has 0 radical (unpaired) electrons. The van der Waals surface area contributed by atoms with E-state index >= 15 is 0 Å². The average Bonchev–Trinajstić information content (AvgIpc) is 2.98. The van der Waals surface area contributed by atoms with Gasteiger partial charge in [-0.05, 0) is 36.2 Å². The number of aliphatic hydroxyl groups is 1. The van der Waals surface area contributed by atoms with Crippen molar-refractivity contribution in [3.05, 3.63) is 59.4 Å². The van der Waals surface area contributed by atoms with Crippen molar-refractivity contribution in [2.75, 3.05) is 25.5 Å². The second kappa shape index (κ2) is 6.76. The van der Waals surface area contributed by atoms with Crippen molar-refractivity contribution in [2.45, 2.75) is 18.6 Å². The number of benzene rings is 1. The van der Waals surface area contributed by atoms with E-state index in [4.69, 9.17) is 0 Å². The number of pyridine rings is 1. The van der Waals surface area contributed by atoms with Gasteiger partial charge in [0, 0.05) is 32.5 Å². The number of β-amino-alcohol motifs (C(OH)–C–C–N with tert-alkyl or cyclic N) is 1. The summed E-state index contributed by atoms with van der Waals surface area (Å²) in [5.41, 5.74) is 1.52. The smallest absolute Gasteiger partial charge is 0.273 e. The molecule has 7 heteroatoms. The van der Waals surface area contributed by atoms with Gasteiger partial charge in [-0.25, -0.2) is 8.78 Å². The van der Waals surface area contributed by atoms with Gasteiger partial charge < -0.3 is 14.9 Å². The van der Waals surface area contributed by atoms with Crippen molar-refractivity contribution in [3.8, 4) is 0 Å². The van der Waals surface area contributed by atoms with E-state index in [1.807, 2.05) is 19.0 Å². The van der Waals surface area contributed by atoms with Crippen LogP contribution in [0.5, 0.6) is 0 Å². The summed E-state index contributed by atoms with van der Waals surface area (Å²) in [4.78, 5) is 20.3. The minimum atomic E-state index is -0.973. The molecule has 3 rings (SSSR count). The number of likely N-dealkylation sites (tertiary alicyclic amines) is 1. The highest BCUT2D eigenvalue weighted by Crippen LogP contribution is 2.34. The molecule has 25 heavy (non-hydrogen) atoms. The molecule has 1 aliphatic rings. The Bertz CT molecular complexity index is 798. The quantitative estimate of drug-likeness (QED) is 0.926. The molecule has 2 aromatic rings. The topological polar surface area (TPSA) is 56.7 Å². The van der Waals surface area contributed by atoms with Crippen molar-refractivity contribution in [3.63, 3.8) is 0 Å². The Morgan fingerprint density at radius 2 is 2.00 bits per heavy atom. The van der Waals surface area contributed by atoms with Crippen LogP contribution in [-0.4, -0.2) is 47.6 Å². The van der Waals surface area contributed by atoms with Crippen LogP contribution in [0.25, 0.3) is 0 Å². The maximum Gasteiger partial charge on any atom is 0.273 e. The number of hydrogen-bond acceptors (Lipinski definition) is 4. The number of amides is 1. The summed E-state index contributed by atoms with van der Waals surface area (Å²) >= 11 is 0. The summed E-state index contributed by atoms with van der Waals surface area (Å²) in [7, 11) is 3.71. The standard InChI is InChI=1S/C18H19F2N3O2/c1-22(2)12-5-6-21-16(8-12)18(25)23-10-13(24)9-17(23)11-3-4-14(19)15(20)7-11/h3-8,13,17,24H,9-10H2,1-2H3/t13-,17-/m0/s1. The second-order valence-corrected chi connectivity index (χ2v) is 6.33. The molecular formula is C18H19F2N3O2. The summed E-state index contributed by atoms with van der Waals surface area (Å²) in [6.45, 7) is 0.121. The molecule has 0 aliphatic carbocycles. The van der Waals surface area contributed by atoms with Gasteiger partial charge in [-0.15, -0.1) is 0 Å². The van der Waals surface area contributed by atoms with Gasteiger partial charge in [0.05, 0.1) is 12.1 Å². The van der Waals surface area contributed by atoms with Crippen LogP contribution in [0.4, 0.5) is 14.5 Å². The number of hydrogen-bond donors (Lipinski definition) is 1. The monoisotopic (exact) mass is 347 g/mol. The van der Waals surface area contributed by atoms with Crippen molar-refractivity contribution < 1.29 is 18.7 Å². The first-order chi connectivity index (χ1) is 11.9. The molecule has 1 aromatic heterocycles. The number of aliphatic hydroxyl groups excluding tert-OH is 1. The SMILES string of the molecule is CN(C)c1ccnc(C(=O)N2C[C@@H](O)C[C@H]2c2ccc(F)c(F)c2)c1. The zero-order chi connectivity index (χ0) is 18.1. The molecule has 1 amide bonds. The number of carbonyl (C=O) groups is 1. The van der Waals surface area contributed by atoms with Gasteiger partial charge in [-0.2, -0.15) is 0 Å². The number of aromatic nitrogens is 1. The third-order valence-corrected chi connectivity index (χ3v) is 4.35. The highest BCUT2D eigenvalue weighted by molar-refractivity contribution is 5.93. The van der Waals surface area contributed by atoms with E-state index in [2.05, 4.69) is 4.98 Å². The van der Waals surface area contributed by atoms with Crippen LogP contribution in [0, 0.1) is 11.6 Å². The third kappa shape index (κ3) is 3.46.